The molecule has 0 unspecified atom stereocenters. The molecule has 1 aliphatic rings. The van der Waals surface area contributed by atoms with Crippen molar-refractivity contribution in [3.05, 3.63) is 53.6 Å². The summed E-state index contributed by atoms with van der Waals surface area (Å²) in [4.78, 5) is 0. The molecule has 0 aromatic heterocycles. The van der Waals surface area contributed by atoms with Crippen LogP contribution in [0, 0.1) is 0 Å². The molecule has 98 valence electrons. The van der Waals surface area contributed by atoms with Gasteiger partial charge in [0.05, 0.1) is 7.11 Å². The van der Waals surface area contributed by atoms with Gasteiger partial charge in [-0.2, -0.15) is 0 Å². The van der Waals surface area contributed by atoms with E-state index in [4.69, 9.17) is 4.74 Å². The molecule has 0 fully saturated rings. The predicted molar refractivity (Wildman–Crippen MR) is 79.0 cm³/mol. The molecule has 19 heavy (non-hydrogen) atoms. The number of benzene rings is 2. The summed E-state index contributed by atoms with van der Waals surface area (Å²) < 4.78 is 5.15. The van der Waals surface area contributed by atoms with Crippen molar-refractivity contribution in [3.8, 4) is 5.75 Å². The number of nitrogens with one attached hydrogen (secondary N) is 2. The fourth-order valence-corrected chi connectivity index (χ4v) is 2.46. The minimum atomic E-state index is 0.836. The standard InChI is InChI=1S/C16H18N2O/c1-19-15-7-5-14(6-8-15)18-11-13-4-2-3-12-9-10-17-16(12)13/h2-8,17-18H,9-11H2,1H3. The Labute approximate surface area is 113 Å². The molecule has 3 rings (SSSR count). The number of rotatable bonds is 4. The van der Waals surface area contributed by atoms with Crippen molar-refractivity contribution >= 4 is 11.4 Å². The zero-order valence-corrected chi connectivity index (χ0v) is 11.1. The minimum Gasteiger partial charge on any atom is -0.497 e. The summed E-state index contributed by atoms with van der Waals surface area (Å²) in [5.41, 5.74) is 5.17. The van der Waals surface area contributed by atoms with E-state index in [1.165, 1.54) is 16.8 Å². The predicted octanol–water partition coefficient (Wildman–Crippen LogP) is 3.28. The van der Waals surface area contributed by atoms with Gasteiger partial charge in [-0.3, -0.25) is 0 Å². The summed E-state index contributed by atoms with van der Waals surface area (Å²) >= 11 is 0. The molecule has 0 aliphatic carbocycles. The number of hydrogen-bond donors (Lipinski definition) is 2. The van der Waals surface area contributed by atoms with Gasteiger partial charge in [-0.25, -0.2) is 0 Å². The minimum absolute atomic E-state index is 0.836. The Kier molecular flexibility index (Phi) is 3.27. The maximum absolute atomic E-state index is 5.15. The van der Waals surface area contributed by atoms with E-state index in [2.05, 4.69) is 28.8 Å². The van der Waals surface area contributed by atoms with Crippen LogP contribution in [-0.2, 0) is 13.0 Å². The lowest BCUT2D eigenvalue weighted by Gasteiger charge is -2.11. The highest BCUT2D eigenvalue weighted by atomic mass is 16.5. The molecule has 0 saturated heterocycles. The number of hydrogen-bond acceptors (Lipinski definition) is 3. The van der Waals surface area contributed by atoms with Crippen LogP contribution in [0.1, 0.15) is 11.1 Å². The van der Waals surface area contributed by atoms with Crippen LogP contribution < -0.4 is 15.4 Å². The Hall–Kier alpha value is -2.16. The lowest BCUT2D eigenvalue weighted by Crippen LogP contribution is -2.03. The third kappa shape index (κ3) is 2.50. The molecule has 0 spiro atoms. The monoisotopic (exact) mass is 254 g/mol. The van der Waals surface area contributed by atoms with Gasteiger partial charge >= 0.3 is 0 Å². The Morgan fingerprint density at radius 1 is 1.16 bits per heavy atom. The number of methoxy groups -OCH3 is 1. The molecule has 0 saturated carbocycles. The molecule has 0 atom stereocenters. The molecule has 3 nitrogen and oxygen atoms in total. The lowest BCUT2D eigenvalue weighted by atomic mass is 10.1. The SMILES string of the molecule is COc1ccc(NCc2cccc3c2NCC3)cc1. The average Bonchev–Trinajstić information content (AvgIpc) is 2.94. The molecule has 2 aromatic rings. The fraction of sp³-hybridized carbons (Fsp3) is 0.250. The maximum Gasteiger partial charge on any atom is 0.119 e. The lowest BCUT2D eigenvalue weighted by molar-refractivity contribution is 0.415. The van der Waals surface area contributed by atoms with E-state index < -0.39 is 0 Å². The molecule has 3 heteroatoms. The van der Waals surface area contributed by atoms with Gasteiger partial charge in [0, 0.05) is 24.5 Å². The third-order valence-electron chi connectivity index (χ3n) is 3.51. The first-order valence-corrected chi connectivity index (χ1v) is 6.59. The van der Waals surface area contributed by atoms with Crippen LogP contribution in [0.3, 0.4) is 0 Å². The third-order valence-corrected chi connectivity index (χ3v) is 3.51. The summed E-state index contributed by atoms with van der Waals surface area (Å²) in [6, 6.07) is 14.5. The second kappa shape index (κ2) is 5.22. The van der Waals surface area contributed by atoms with E-state index in [0.717, 1.165) is 30.9 Å². The number of para-hydroxylation sites is 1. The molecule has 0 radical (unpaired) electrons. The van der Waals surface area contributed by atoms with Gasteiger partial charge in [0.25, 0.3) is 0 Å². The van der Waals surface area contributed by atoms with Gasteiger partial charge in [-0.1, -0.05) is 18.2 Å². The van der Waals surface area contributed by atoms with Gasteiger partial charge < -0.3 is 15.4 Å². The largest absolute Gasteiger partial charge is 0.497 e. The van der Waals surface area contributed by atoms with Crippen molar-refractivity contribution in [1.82, 2.24) is 0 Å². The molecular weight excluding hydrogens is 236 g/mol. The average molecular weight is 254 g/mol. The topological polar surface area (TPSA) is 33.3 Å². The van der Waals surface area contributed by atoms with Gasteiger partial charge in [-0.05, 0) is 41.8 Å². The second-order valence-electron chi connectivity index (χ2n) is 4.71. The van der Waals surface area contributed by atoms with Crippen LogP contribution in [0.5, 0.6) is 5.75 Å². The number of ether oxygens (including phenoxy) is 1. The maximum atomic E-state index is 5.15. The number of anilines is 2. The summed E-state index contributed by atoms with van der Waals surface area (Å²) in [6.45, 7) is 1.89. The first-order valence-electron chi connectivity index (χ1n) is 6.59. The van der Waals surface area contributed by atoms with E-state index in [1.54, 1.807) is 7.11 Å². The van der Waals surface area contributed by atoms with E-state index in [0.29, 0.717) is 0 Å². The Morgan fingerprint density at radius 2 is 2.00 bits per heavy atom. The zero-order valence-electron chi connectivity index (χ0n) is 11.1. The Bertz CT molecular complexity index is 563. The molecule has 1 heterocycles. The molecule has 2 N–H and O–H groups in total. The van der Waals surface area contributed by atoms with Gasteiger partial charge in [-0.15, -0.1) is 0 Å². The van der Waals surface area contributed by atoms with E-state index in [-0.39, 0.29) is 0 Å². The number of fused-ring (bicyclic) bond motifs is 1. The van der Waals surface area contributed by atoms with Crippen molar-refractivity contribution in [3.63, 3.8) is 0 Å². The van der Waals surface area contributed by atoms with Crippen LogP contribution in [0.25, 0.3) is 0 Å². The Morgan fingerprint density at radius 3 is 2.79 bits per heavy atom. The van der Waals surface area contributed by atoms with Crippen molar-refractivity contribution < 1.29 is 4.74 Å². The van der Waals surface area contributed by atoms with Crippen LogP contribution in [0.4, 0.5) is 11.4 Å². The molecule has 2 aromatic carbocycles. The Balaban J connectivity index is 1.70. The quantitative estimate of drug-likeness (QED) is 0.878. The molecule has 0 bridgehead atoms. The zero-order chi connectivity index (χ0) is 13.1. The molecule has 1 aliphatic heterocycles. The second-order valence-corrected chi connectivity index (χ2v) is 4.71. The first-order chi connectivity index (χ1) is 9.36. The highest BCUT2D eigenvalue weighted by molar-refractivity contribution is 5.62. The summed E-state index contributed by atoms with van der Waals surface area (Å²) in [5.74, 6) is 0.882. The van der Waals surface area contributed by atoms with Crippen LogP contribution in [-0.4, -0.2) is 13.7 Å². The molecule has 0 amide bonds. The summed E-state index contributed by atoms with van der Waals surface area (Å²) in [7, 11) is 1.68. The van der Waals surface area contributed by atoms with Crippen molar-refractivity contribution in [2.75, 3.05) is 24.3 Å². The van der Waals surface area contributed by atoms with Crippen molar-refractivity contribution in [2.24, 2.45) is 0 Å². The smallest absolute Gasteiger partial charge is 0.119 e. The van der Waals surface area contributed by atoms with Crippen molar-refractivity contribution in [1.29, 1.82) is 0 Å². The van der Waals surface area contributed by atoms with Gasteiger partial charge in [0.2, 0.25) is 0 Å². The summed E-state index contributed by atoms with van der Waals surface area (Å²) in [6.07, 6.45) is 1.13. The van der Waals surface area contributed by atoms with E-state index in [1.807, 2.05) is 24.3 Å². The first kappa shape index (κ1) is 11.9. The fourth-order valence-electron chi connectivity index (χ4n) is 2.46. The summed E-state index contributed by atoms with van der Waals surface area (Å²) in [5, 5.41) is 6.91. The highest BCUT2D eigenvalue weighted by Crippen LogP contribution is 2.27. The highest BCUT2D eigenvalue weighted by Gasteiger charge is 2.12. The van der Waals surface area contributed by atoms with Gasteiger partial charge in [0.15, 0.2) is 0 Å². The normalized spacial score (nSPS) is 12.7. The van der Waals surface area contributed by atoms with Crippen LogP contribution >= 0.6 is 0 Å². The van der Waals surface area contributed by atoms with Crippen LogP contribution in [0.15, 0.2) is 42.5 Å². The van der Waals surface area contributed by atoms with E-state index >= 15 is 0 Å². The van der Waals surface area contributed by atoms with Gasteiger partial charge in [0.1, 0.15) is 5.75 Å². The van der Waals surface area contributed by atoms with Crippen LogP contribution in [0.2, 0.25) is 0 Å². The van der Waals surface area contributed by atoms with Crippen molar-refractivity contribution in [2.45, 2.75) is 13.0 Å². The van der Waals surface area contributed by atoms with E-state index in [9.17, 15) is 0 Å². The molecular formula is C16H18N2O.